The molecule has 0 atom stereocenters. The van der Waals surface area contributed by atoms with E-state index in [1.54, 1.807) is 19.1 Å². The fourth-order valence-electron chi connectivity index (χ4n) is 2.35. The Balaban J connectivity index is 2.16. The highest BCUT2D eigenvalue weighted by Crippen LogP contribution is 2.35. The van der Waals surface area contributed by atoms with Crippen LogP contribution in [0, 0.1) is 0 Å². The van der Waals surface area contributed by atoms with Gasteiger partial charge in [-0.15, -0.1) is 5.10 Å². The monoisotopic (exact) mass is 383 g/mol. The largest absolute Gasteiger partial charge is 0.416 e. The first kappa shape index (κ1) is 18.3. The Bertz CT molecular complexity index is 913. The third-order valence-corrected chi connectivity index (χ3v) is 3.67. The van der Waals surface area contributed by atoms with E-state index in [-0.39, 0.29) is 23.3 Å². The fraction of sp³-hybridized carbons (Fsp3) is 0.250. The topological polar surface area (TPSA) is 65.7 Å². The van der Waals surface area contributed by atoms with Crippen LogP contribution >= 0.6 is 11.6 Å². The number of hydrogen-bond donors (Lipinski definition) is 0. The molecule has 0 aliphatic carbocycles. The molecule has 0 saturated heterocycles. The molecule has 6 nitrogen and oxygen atoms in total. The summed E-state index contributed by atoms with van der Waals surface area (Å²) in [5.41, 5.74) is 0.493. The lowest BCUT2D eigenvalue weighted by molar-refractivity contribution is -0.137. The molecule has 0 radical (unpaired) electrons. The maximum atomic E-state index is 13.1. The van der Waals surface area contributed by atoms with Gasteiger partial charge in [0.05, 0.1) is 11.3 Å². The highest BCUT2D eigenvalue weighted by Gasteiger charge is 2.31. The van der Waals surface area contributed by atoms with Crippen molar-refractivity contribution in [3.8, 4) is 22.6 Å². The number of aromatic nitrogens is 5. The highest BCUT2D eigenvalue weighted by atomic mass is 35.5. The molecule has 0 aliphatic rings. The fourth-order valence-corrected chi connectivity index (χ4v) is 2.50. The molecule has 10 heteroatoms. The summed E-state index contributed by atoms with van der Waals surface area (Å²) in [5.74, 6) is 0. The van der Waals surface area contributed by atoms with Gasteiger partial charge in [0.15, 0.2) is 0 Å². The normalized spacial score (nSPS) is 11.7. The first-order chi connectivity index (χ1) is 12.4. The summed E-state index contributed by atoms with van der Waals surface area (Å²) >= 11 is 5.82. The second-order valence-electron chi connectivity index (χ2n) is 5.20. The van der Waals surface area contributed by atoms with Crippen LogP contribution in [0.3, 0.4) is 0 Å². The van der Waals surface area contributed by atoms with Crippen LogP contribution in [0.4, 0.5) is 13.2 Å². The minimum absolute atomic E-state index is 0.00292. The summed E-state index contributed by atoms with van der Waals surface area (Å²) in [6.07, 6.45) is -3.03. The van der Waals surface area contributed by atoms with Crippen LogP contribution in [0.1, 0.15) is 12.5 Å². The second-order valence-corrected chi connectivity index (χ2v) is 5.54. The Hall–Kier alpha value is -2.52. The van der Waals surface area contributed by atoms with Gasteiger partial charge >= 0.3 is 6.18 Å². The average molecular weight is 384 g/mol. The molecule has 0 amide bonds. The molecule has 3 aromatic rings. The molecule has 3 rings (SSSR count). The maximum absolute atomic E-state index is 13.1. The molecular formula is C16H13ClF3N5O. The zero-order chi connectivity index (χ0) is 18.7. The van der Waals surface area contributed by atoms with Gasteiger partial charge in [-0.3, -0.25) is 0 Å². The Labute approximate surface area is 151 Å². The minimum atomic E-state index is -4.47. The van der Waals surface area contributed by atoms with Crippen molar-refractivity contribution in [2.75, 3.05) is 6.61 Å². The average Bonchev–Trinajstić information content (AvgIpc) is 3.03. The van der Waals surface area contributed by atoms with E-state index in [1.807, 2.05) is 0 Å². The molecule has 0 unspecified atom stereocenters. The van der Waals surface area contributed by atoms with Crippen molar-refractivity contribution in [2.24, 2.45) is 0 Å². The van der Waals surface area contributed by atoms with Gasteiger partial charge in [-0.25, -0.2) is 14.6 Å². The second kappa shape index (κ2) is 7.38. The standard InChI is InChI=1S/C16H13ClF3N5O/c1-2-26-9-25-14(10-4-3-5-11(8-10)16(18,19)20)13(23-24-25)12-6-7-21-15(17)22-12/h3-8H,2,9H2,1H3. The number of halogens is 4. The van der Waals surface area contributed by atoms with Crippen LogP contribution in [0.5, 0.6) is 0 Å². The number of rotatable bonds is 5. The summed E-state index contributed by atoms with van der Waals surface area (Å²) in [7, 11) is 0. The van der Waals surface area contributed by atoms with Gasteiger partial charge < -0.3 is 4.74 Å². The predicted molar refractivity (Wildman–Crippen MR) is 88.1 cm³/mol. The van der Waals surface area contributed by atoms with Gasteiger partial charge in [0.2, 0.25) is 5.28 Å². The third-order valence-electron chi connectivity index (χ3n) is 3.48. The van der Waals surface area contributed by atoms with Crippen LogP contribution in [0.25, 0.3) is 22.6 Å². The summed E-state index contributed by atoms with van der Waals surface area (Å²) in [6.45, 7) is 2.25. The van der Waals surface area contributed by atoms with E-state index in [4.69, 9.17) is 16.3 Å². The minimum Gasteiger partial charge on any atom is -0.359 e. The quantitative estimate of drug-likeness (QED) is 0.621. The van der Waals surface area contributed by atoms with Crippen molar-refractivity contribution in [2.45, 2.75) is 19.8 Å². The Morgan fingerprint density at radius 1 is 1.23 bits per heavy atom. The van der Waals surface area contributed by atoms with Crippen molar-refractivity contribution in [1.82, 2.24) is 25.0 Å². The molecule has 136 valence electrons. The van der Waals surface area contributed by atoms with Crippen molar-refractivity contribution in [1.29, 1.82) is 0 Å². The highest BCUT2D eigenvalue weighted by molar-refractivity contribution is 6.28. The zero-order valence-corrected chi connectivity index (χ0v) is 14.3. The molecule has 0 bridgehead atoms. The van der Waals surface area contributed by atoms with E-state index in [0.29, 0.717) is 18.0 Å². The van der Waals surface area contributed by atoms with E-state index < -0.39 is 11.7 Å². The van der Waals surface area contributed by atoms with Gasteiger partial charge in [-0.1, -0.05) is 17.3 Å². The predicted octanol–water partition coefficient (Wildman–Crippen LogP) is 4.07. The van der Waals surface area contributed by atoms with Gasteiger partial charge in [-0.2, -0.15) is 13.2 Å². The van der Waals surface area contributed by atoms with E-state index in [0.717, 1.165) is 12.1 Å². The number of ether oxygens (including phenoxy) is 1. The lowest BCUT2D eigenvalue weighted by Gasteiger charge is -2.11. The number of hydrogen-bond acceptors (Lipinski definition) is 5. The summed E-state index contributed by atoms with van der Waals surface area (Å²) in [4.78, 5) is 7.87. The third kappa shape index (κ3) is 3.83. The smallest absolute Gasteiger partial charge is 0.359 e. The Morgan fingerprint density at radius 3 is 2.73 bits per heavy atom. The molecule has 0 N–H and O–H groups in total. The van der Waals surface area contributed by atoms with Crippen LogP contribution in [-0.4, -0.2) is 31.6 Å². The van der Waals surface area contributed by atoms with Crippen molar-refractivity contribution in [3.05, 3.63) is 47.4 Å². The molecular weight excluding hydrogens is 371 g/mol. The maximum Gasteiger partial charge on any atom is 0.416 e. The first-order valence-electron chi connectivity index (χ1n) is 7.58. The molecule has 26 heavy (non-hydrogen) atoms. The lowest BCUT2D eigenvalue weighted by Crippen LogP contribution is -2.08. The van der Waals surface area contributed by atoms with E-state index in [9.17, 15) is 13.2 Å². The van der Waals surface area contributed by atoms with Crippen molar-refractivity contribution < 1.29 is 17.9 Å². The molecule has 0 spiro atoms. The van der Waals surface area contributed by atoms with Gasteiger partial charge in [0, 0.05) is 18.4 Å². The molecule has 0 aliphatic heterocycles. The zero-order valence-electron chi connectivity index (χ0n) is 13.5. The summed E-state index contributed by atoms with van der Waals surface area (Å²) in [5, 5.41) is 8.03. The van der Waals surface area contributed by atoms with Gasteiger partial charge in [0.1, 0.15) is 18.1 Å². The van der Waals surface area contributed by atoms with Crippen LogP contribution < -0.4 is 0 Å². The number of nitrogens with zero attached hydrogens (tertiary/aromatic N) is 5. The summed E-state index contributed by atoms with van der Waals surface area (Å²) in [6, 6.07) is 6.46. The van der Waals surface area contributed by atoms with Gasteiger partial charge in [-0.05, 0) is 36.7 Å². The van der Waals surface area contributed by atoms with E-state index >= 15 is 0 Å². The SMILES string of the molecule is CCOCn1nnc(-c2ccnc(Cl)n2)c1-c1cccc(C(F)(F)F)c1. The Morgan fingerprint density at radius 2 is 2.04 bits per heavy atom. The molecule has 2 heterocycles. The van der Waals surface area contributed by atoms with Crippen LogP contribution in [0.2, 0.25) is 5.28 Å². The number of benzene rings is 1. The van der Waals surface area contributed by atoms with Crippen LogP contribution in [0.15, 0.2) is 36.5 Å². The molecule has 2 aromatic heterocycles. The Kier molecular flexibility index (Phi) is 5.19. The summed E-state index contributed by atoms with van der Waals surface area (Å²) < 4.78 is 46.0. The van der Waals surface area contributed by atoms with Gasteiger partial charge in [0.25, 0.3) is 0 Å². The molecule has 0 fully saturated rings. The van der Waals surface area contributed by atoms with E-state index in [2.05, 4.69) is 20.3 Å². The van der Waals surface area contributed by atoms with E-state index in [1.165, 1.54) is 16.9 Å². The molecule has 0 saturated carbocycles. The van der Waals surface area contributed by atoms with Crippen LogP contribution in [-0.2, 0) is 17.6 Å². The lowest BCUT2D eigenvalue weighted by atomic mass is 10.0. The van der Waals surface area contributed by atoms with Crippen molar-refractivity contribution >= 4 is 11.6 Å². The first-order valence-corrected chi connectivity index (χ1v) is 7.95. The number of alkyl halides is 3. The molecule has 1 aromatic carbocycles. The van der Waals surface area contributed by atoms with Crippen molar-refractivity contribution in [3.63, 3.8) is 0 Å².